The van der Waals surface area contributed by atoms with E-state index in [2.05, 4.69) is 24.2 Å². The number of rotatable bonds is 7. The summed E-state index contributed by atoms with van der Waals surface area (Å²) in [6.07, 6.45) is 11.5. The zero-order valence-corrected chi connectivity index (χ0v) is 24.4. The Morgan fingerprint density at radius 1 is 1.18 bits per heavy atom. The Bertz CT molecular complexity index is 1070. The molecule has 1 aromatic heterocycles. The number of nitrogens with one attached hydrogen (secondary N) is 1. The van der Waals surface area contributed by atoms with Gasteiger partial charge >= 0.3 is 5.97 Å². The molecule has 0 amide bonds. The van der Waals surface area contributed by atoms with Crippen molar-refractivity contribution in [3.8, 4) is 11.5 Å². The number of unbranched alkanes of at least 4 members (excludes halogenated alkanes) is 1. The van der Waals surface area contributed by atoms with E-state index in [1.165, 1.54) is 12.5 Å². The summed E-state index contributed by atoms with van der Waals surface area (Å²) in [7, 11) is 5.41. The summed E-state index contributed by atoms with van der Waals surface area (Å²) >= 11 is 0. The number of aromatic nitrogens is 1. The molecular weight excluding hydrogens is 518 g/mol. The lowest BCUT2D eigenvalue weighted by Gasteiger charge is -2.37. The number of carbonyl (C=O) groups excluding carboxylic acids is 2. The molecule has 2 N–H and O–H groups in total. The second-order valence-electron chi connectivity index (χ2n) is 10.8. The van der Waals surface area contributed by atoms with Gasteiger partial charge in [0.25, 0.3) is 0 Å². The van der Waals surface area contributed by atoms with Crippen LogP contribution >= 0.6 is 21.6 Å². The molecule has 2 aromatic rings. The SMILES string of the molecule is CCCC[C@H]1[C@@H](OC(C)=O)CC(=O)C[C@@H](c2ccc(O)c(OC)c2)C2(CCCC2)SSC[C@H]1c1cc[nH]c1. The highest BCUT2D eigenvalue weighted by atomic mass is 33.1. The minimum absolute atomic E-state index is 0.0135. The van der Waals surface area contributed by atoms with Gasteiger partial charge in [-0.15, -0.1) is 0 Å². The summed E-state index contributed by atoms with van der Waals surface area (Å²) in [4.78, 5) is 29.3. The van der Waals surface area contributed by atoms with Crippen LogP contribution in [-0.2, 0) is 14.3 Å². The molecule has 2 fully saturated rings. The molecule has 4 atom stereocenters. The van der Waals surface area contributed by atoms with E-state index in [4.69, 9.17) is 9.47 Å². The summed E-state index contributed by atoms with van der Waals surface area (Å²) in [5, 5.41) is 10.2. The Morgan fingerprint density at radius 2 is 1.97 bits per heavy atom. The number of benzene rings is 1. The first-order valence-electron chi connectivity index (χ1n) is 13.9. The highest BCUT2D eigenvalue weighted by Crippen LogP contribution is 2.58. The van der Waals surface area contributed by atoms with Crippen molar-refractivity contribution < 1.29 is 24.2 Å². The van der Waals surface area contributed by atoms with Crippen LogP contribution in [0.4, 0.5) is 0 Å². The zero-order valence-electron chi connectivity index (χ0n) is 22.7. The van der Waals surface area contributed by atoms with Crippen molar-refractivity contribution in [1.82, 2.24) is 4.98 Å². The van der Waals surface area contributed by atoms with E-state index in [0.29, 0.717) is 12.2 Å². The van der Waals surface area contributed by atoms with Crippen molar-refractivity contribution in [3.05, 3.63) is 47.8 Å². The van der Waals surface area contributed by atoms with E-state index in [1.54, 1.807) is 13.2 Å². The molecule has 8 heteroatoms. The van der Waals surface area contributed by atoms with Crippen molar-refractivity contribution in [3.63, 3.8) is 0 Å². The van der Waals surface area contributed by atoms with Crippen LogP contribution in [-0.4, -0.2) is 45.6 Å². The number of Topliss-reactive ketones (excluding diaryl/α,β-unsaturated/α-hetero) is 1. The predicted molar refractivity (Wildman–Crippen MR) is 155 cm³/mol. The van der Waals surface area contributed by atoms with Crippen LogP contribution in [0.1, 0.15) is 94.6 Å². The van der Waals surface area contributed by atoms with Gasteiger partial charge in [0.05, 0.1) is 7.11 Å². The Labute approximate surface area is 234 Å². The fourth-order valence-corrected chi connectivity index (χ4v) is 10.2. The number of hydrogen-bond acceptors (Lipinski definition) is 7. The number of methoxy groups -OCH3 is 1. The summed E-state index contributed by atoms with van der Waals surface area (Å²) < 4.78 is 11.3. The second kappa shape index (κ2) is 13.3. The standard InChI is InChI=1S/C30H41NO5S2/c1-4-5-8-24-25(22-11-14-31-18-22)19-37-38-30(12-6-7-13-30)26(16-23(33)17-28(24)36-20(2)32)21-9-10-27(34)29(15-21)35-3/h9-11,14-15,18,24-26,28,31,34H,4-8,12-13,16-17,19H2,1-3H3/t24-,25+,26+,28+/m1/s1. The largest absolute Gasteiger partial charge is 0.504 e. The van der Waals surface area contributed by atoms with E-state index in [-0.39, 0.29) is 46.4 Å². The number of esters is 1. The van der Waals surface area contributed by atoms with E-state index >= 15 is 0 Å². The number of phenols is 1. The molecule has 38 heavy (non-hydrogen) atoms. The highest BCUT2D eigenvalue weighted by Gasteiger charge is 2.46. The third kappa shape index (κ3) is 6.74. The molecule has 1 aliphatic heterocycles. The summed E-state index contributed by atoms with van der Waals surface area (Å²) in [5.74, 6) is 1.44. The number of hydrogen-bond donors (Lipinski definition) is 2. The van der Waals surface area contributed by atoms with Gasteiger partial charge < -0.3 is 19.6 Å². The number of aromatic amines is 1. The van der Waals surface area contributed by atoms with E-state index in [0.717, 1.165) is 56.3 Å². The van der Waals surface area contributed by atoms with Crippen LogP contribution in [0, 0.1) is 5.92 Å². The fraction of sp³-hybridized carbons (Fsp3) is 0.600. The van der Waals surface area contributed by atoms with Gasteiger partial charge in [-0.1, -0.05) is 60.3 Å². The van der Waals surface area contributed by atoms with Gasteiger partial charge in [0.15, 0.2) is 11.5 Å². The van der Waals surface area contributed by atoms with Crippen molar-refractivity contribution in [1.29, 1.82) is 0 Å². The van der Waals surface area contributed by atoms with Crippen molar-refractivity contribution in [2.24, 2.45) is 5.92 Å². The van der Waals surface area contributed by atoms with Crippen LogP contribution in [0.25, 0.3) is 0 Å². The Hall–Kier alpha value is -2.06. The van der Waals surface area contributed by atoms with Crippen molar-refractivity contribution in [2.75, 3.05) is 12.9 Å². The van der Waals surface area contributed by atoms with Crippen LogP contribution in [0.3, 0.4) is 0 Å². The first-order valence-corrected chi connectivity index (χ1v) is 16.2. The average Bonchev–Trinajstić information content (AvgIpc) is 3.59. The van der Waals surface area contributed by atoms with Gasteiger partial charge in [-0.05, 0) is 48.6 Å². The third-order valence-electron chi connectivity index (χ3n) is 8.28. The number of H-pyrrole nitrogens is 1. The number of carbonyl (C=O) groups is 2. The summed E-state index contributed by atoms with van der Waals surface area (Å²) in [6.45, 7) is 3.62. The van der Waals surface area contributed by atoms with Crippen LogP contribution in [0.5, 0.6) is 11.5 Å². The molecule has 1 spiro atoms. The maximum atomic E-state index is 13.9. The Kier molecular flexibility index (Phi) is 10.2. The minimum Gasteiger partial charge on any atom is -0.504 e. The van der Waals surface area contributed by atoms with Gasteiger partial charge in [0.1, 0.15) is 11.9 Å². The van der Waals surface area contributed by atoms with Gasteiger partial charge in [0, 0.05) is 60.4 Å². The van der Waals surface area contributed by atoms with Crippen LogP contribution in [0.2, 0.25) is 0 Å². The first kappa shape index (κ1) is 28.9. The van der Waals surface area contributed by atoms with Crippen LogP contribution < -0.4 is 4.74 Å². The van der Waals surface area contributed by atoms with Gasteiger partial charge in [-0.25, -0.2) is 0 Å². The second-order valence-corrected chi connectivity index (χ2v) is 13.5. The van der Waals surface area contributed by atoms with E-state index in [9.17, 15) is 14.7 Å². The molecule has 0 bridgehead atoms. The molecule has 1 saturated heterocycles. The normalized spacial score (nSPS) is 26.1. The zero-order chi connectivity index (χ0) is 27.1. The van der Waals surface area contributed by atoms with Crippen molar-refractivity contribution in [2.45, 2.75) is 94.3 Å². The van der Waals surface area contributed by atoms with Gasteiger partial charge in [-0.2, -0.15) is 0 Å². The maximum absolute atomic E-state index is 13.9. The number of aromatic hydroxyl groups is 1. The quantitative estimate of drug-likeness (QED) is 0.270. The molecule has 1 aromatic carbocycles. The summed E-state index contributed by atoms with van der Waals surface area (Å²) in [5.41, 5.74) is 2.24. The van der Waals surface area contributed by atoms with Gasteiger partial charge in [-0.3, -0.25) is 9.59 Å². The van der Waals surface area contributed by atoms with Crippen molar-refractivity contribution >= 4 is 33.3 Å². The number of ether oxygens (including phenoxy) is 2. The molecule has 0 unspecified atom stereocenters. The van der Waals surface area contributed by atoms with Gasteiger partial charge in [0.2, 0.25) is 0 Å². The molecule has 0 radical (unpaired) electrons. The van der Waals surface area contributed by atoms with E-state index < -0.39 is 6.10 Å². The smallest absolute Gasteiger partial charge is 0.302 e. The molecule has 6 nitrogen and oxygen atoms in total. The average molecular weight is 560 g/mol. The molecule has 4 rings (SSSR count). The lowest BCUT2D eigenvalue weighted by molar-refractivity contribution is -0.151. The molecule has 2 heterocycles. The number of ketones is 1. The third-order valence-corrected chi connectivity index (χ3v) is 11.7. The molecule has 208 valence electrons. The Morgan fingerprint density at radius 3 is 2.63 bits per heavy atom. The lowest BCUT2D eigenvalue weighted by Crippen LogP contribution is -2.35. The monoisotopic (exact) mass is 559 g/mol. The van der Waals surface area contributed by atoms with E-state index in [1.807, 2.05) is 39.9 Å². The highest BCUT2D eigenvalue weighted by molar-refractivity contribution is 8.77. The lowest BCUT2D eigenvalue weighted by atomic mass is 9.77. The topological polar surface area (TPSA) is 88.6 Å². The first-order chi connectivity index (χ1) is 18.4. The number of phenolic OH excluding ortho intramolecular Hbond substituents is 1. The summed E-state index contributed by atoms with van der Waals surface area (Å²) in [6, 6.07) is 7.64. The molecule has 2 aliphatic rings. The minimum atomic E-state index is -0.454. The maximum Gasteiger partial charge on any atom is 0.302 e. The molecule has 1 aliphatic carbocycles. The molecular formula is C30H41NO5S2. The van der Waals surface area contributed by atoms with Crippen LogP contribution in [0.15, 0.2) is 36.7 Å². The fourth-order valence-electron chi connectivity index (χ4n) is 6.36. The molecule has 1 saturated carbocycles. The predicted octanol–water partition coefficient (Wildman–Crippen LogP) is 7.39. The Balaban J connectivity index is 1.75.